The van der Waals surface area contributed by atoms with E-state index in [1.165, 1.54) is 20.0 Å². The molecule has 12 nitrogen and oxygen atoms in total. The summed E-state index contributed by atoms with van der Waals surface area (Å²) in [4.78, 5) is 49.0. The predicted molar refractivity (Wildman–Crippen MR) is 153 cm³/mol. The van der Waals surface area contributed by atoms with Gasteiger partial charge >= 0.3 is 0 Å². The number of carbonyl (C=O) groups is 2. The number of anilines is 5. The van der Waals surface area contributed by atoms with Gasteiger partial charge in [-0.25, -0.2) is 4.98 Å². The third kappa shape index (κ3) is 5.57. The third-order valence-corrected chi connectivity index (χ3v) is 6.98. The summed E-state index contributed by atoms with van der Waals surface area (Å²) in [7, 11) is 0. The lowest BCUT2D eigenvalue weighted by Crippen LogP contribution is -2.54. The number of carbonyl (C=O) groups excluding carboxylic acids is 2. The van der Waals surface area contributed by atoms with Crippen LogP contribution in [-0.2, 0) is 4.79 Å². The molecule has 0 unspecified atom stereocenters. The van der Waals surface area contributed by atoms with E-state index in [4.69, 9.17) is 4.74 Å². The monoisotopic (exact) mass is 547 g/mol. The smallest absolute Gasteiger partial charge is 0.263 e. The van der Waals surface area contributed by atoms with Crippen LogP contribution in [0.5, 0.6) is 5.88 Å². The fraction of sp³-hybridized carbons (Fsp3) is 0.357. The first-order chi connectivity index (χ1) is 19.1. The standard InChI is InChI=1S/C28H33N7O5/c1-17-21(16-31-26-23(17)29-10-15-40-26)33-20-8-9-30-24(36)22(20)25(37)32-18-4-6-19(7-5-18)34-11-13-35(14-12-34)27(38)28(2,3)39/h4-9,16,29,39H,10-15H2,1-3H3,(H,32,37)(H2,30,33,36). The minimum atomic E-state index is -1.39. The number of H-pyrrole nitrogens is 1. The van der Waals surface area contributed by atoms with Crippen molar-refractivity contribution in [2.45, 2.75) is 26.4 Å². The summed E-state index contributed by atoms with van der Waals surface area (Å²) < 4.78 is 5.58. The molecule has 40 heavy (non-hydrogen) atoms. The number of amides is 2. The molecule has 4 heterocycles. The molecule has 5 N–H and O–H groups in total. The maximum Gasteiger partial charge on any atom is 0.263 e. The molecule has 2 aliphatic rings. The summed E-state index contributed by atoms with van der Waals surface area (Å²) in [5, 5.41) is 19.3. The summed E-state index contributed by atoms with van der Waals surface area (Å²) in [5.41, 5.74) is 2.13. The fourth-order valence-corrected chi connectivity index (χ4v) is 4.80. The summed E-state index contributed by atoms with van der Waals surface area (Å²) in [6, 6.07) is 8.94. The number of rotatable bonds is 6. The number of fused-ring (bicyclic) bond motifs is 1. The van der Waals surface area contributed by atoms with E-state index in [1.54, 1.807) is 29.3 Å². The van der Waals surface area contributed by atoms with E-state index in [1.807, 2.05) is 19.1 Å². The van der Waals surface area contributed by atoms with Crippen LogP contribution in [0.1, 0.15) is 29.8 Å². The Morgan fingerprint density at radius 2 is 1.80 bits per heavy atom. The predicted octanol–water partition coefficient (Wildman–Crippen LogP) is 2.30. The molecule has 0 saturated carbocycles. The van der Waals surface area contributed by atoms with Crippen molar-refractivity contribution in [1.82, 2.24) is 14.9 Å². The Morgan fingerprint density at radius 1 is 1.07 bits per heavy atom. The van der Waals surface area contributed by atoms with E-state index in [0.717, 1.165) is 16.9 Å². The summed E-state index contributed by atoms with van der Waals surface area (Å²) >= 11 is 0. The first kappa shape index (κ1) is 27.0. The Morgan fingerprint density at radius 3 is 2.50 bits per heavy atom. The second-order valence-corrected chi connectivity index (χ2v) is 10.3. The van der Waals surface area contributed by atoms with Crippen LogP contribution in [0.2, 0.25) is 0 Å². The van der Waals surface area contributed by atoms with Crippen molar-refractivity contribution in [3.63, 3.8) is 0 Å². The topological polar surface area (TPSA) is 152 Å². The number of nitrogens with zero attached hydrogens (tertiary/aromatic N) is 3. The highest BCUT2D eigenvalue weighted by atomic mass is 16.5. The van der Waals surface area contributed by atoms with Crippen LogP contribution < -0.4 is 31.1 Å². The molecule has 0 atom stereocenters. The number of benzene rings is 1. The highest BCUT2D eigenvalue weighted by molar-refractivity contribution is 6.08. The van der Waals surface area contributed by atoms with Crippen molar-refractivity contribution in [2.24, 2.45) is 0 Å². The number of piperazine rings is 1. The molecular formula is C28H33N7O5. The van der Waals surface area contributed by atoms with E-state index in [9.17, 15) is 19.5 Å². The summed E-state index contributed by atoms with van der Waals surface area (Å²) in [6.45, 7) is 8.37. The molecule has 2 amide bonds. The molecule has 1 fully saturated rings. The lowest BCUT2D eigenvalue weighted by Gasteiger charge is -2.38. The zero-order valence-electron chi connectivity index (χ0n) is 22.7. The van der Waals surface area contributed by atoms with Crippen molar-refractivity contribution in [3.8, 4) is 5.88 Å². The highest BCUT2D eigenvalue weighted by Gasteiger charge is 2.31. The van der Waals surface area contributed by atoms with Crippen molar-refractivity contribution in [3.05, 3.63) is 64.2 Å². The average Bonchev–Trinajstić information content (AvgIpc) is 2.94. The number of pyridine rings is 2. The van der Waals surface area contributed by atoms with Gasteiger partial charge in [-0.15, -0.1) is 0 Å². The number of nitrogens with one attached hydrogen (secondary N) is 4. The lowest BCUT2D eigenvalue weighted by atomic mass is 10.1. The Balaban J connectivity index is 1.27. The normalized spacial score (nSPS) is 15.0. The zero-order chi connectivity index (χ0) is 28.4. The van der Waals surface area contributed by atoms with Gasteiger partial charge in [0.1, 0.15) is 23.5 Å². The average molecular weight is 548 g/mol. The first-order valence-corrected chi connectivity index (χ1v) is 13.1. The number of aromatic nitrogens is 2. The van der Waals surface area contributed by atoms with Gasteiger partial charge in [-0.05, 0) is 51.1 Å². The van der Waals surface area contributed by atoms with E-state index < -0.39 is 17.1 Å². The van der Waals surface area contributed by atoms with Gasteiger partial charge in [0.15, 0.2) is 0 Å². The second kappa shape index (κ2) is 10.9. The van der Waals surface area contributed by atoms with E-state index in [0.29, 0.717) is 62.3 Å². The molecule has 0 aliphatic carbocycles. The van der Waals surface area contributed by atoms with Crippen molar-refractivity contribution < 1.29 is 19.4 Å². The van der Waals surface area contributed by atoms with Gasteiger partial charge in [0.25, 0.3) is 17.4 Å². The van der Waals surface area contributed by atoms with Crippen LogP contribution >= 0.6 is 0 Å². The maximum atomic E-state index is 13.2. The Kier molecular flexibility index (Phi) is 7.35. The molecule has 2 aliphatic heterocycles. The Bertz CT molecular complexity index is 1470. The SMILES string of the molecule is Cc1c(Nc2cc[nH]c(=O)c2C(=O)Nc2ccc(N3CCN(C(=O)C(C)(C)O)CC3)cc2)cnc2c1NCCO2. The van der Waals surface area contributed by atoms with Crippen LogP contribution in [0.4, 0.5) is 28.4 Å². The first-order valence-electron chi connectivity index (χ1n) is 13.1. The molecule has 3 aromatic rings. The van der Waals surface area contributed by atoms with Gasteiger partial charge in [0.2, 0.25) is 5.88 Å². The lowest BCUT2D eigenvalue weighted by molar-refractivity contribution is -0.148. The van der Waals surface area contributed by atoms with Crippen LogP contribution in [-0.4, -0.2) is 76.7 Å². The van der Waals surface area contributed by atoms with E-state index in [-0.39, 0.29) is 11.5 Å². The minimum absolute atomic E-state index is 0.0551. The second-order valence-electron chi connectivity index (χ2n) is 10.3. The molecule has 5 rings (SSSR count). The number of hydrogen-bond donors (Lipinski definition) is 5. The molecule has 0 bridgehead atoms. The molecule has 0 radical (unpaired) electrons. The van der Waals surface area contributed by atoms with Crippen LogP contribution in [0.15, 0.2) is 47.5 Å². The largest absolute Gasteiger partial charge is 0.474 e. The van der Waals surface area contributed by atoms with Crippen molar-refractivity contribution >= 4 is 40.3 Å². The van der Waals surface area contributed by atoms with Crippen LogP contribution in [0.25, 0.3) is 0 Å². The van der Waals surface area contributed by atoms with Gasteiger partial charge in [-0.1, -0.05) is 0 Å². The molecule has 12 heteroatoms. The van der Waals surface area contributed by atoms with Crippen molar-refractivity contribution in [1.29, 1.82) is 0 Å². The van der Waals surface area contributed by atoms with Gasteiger partial charge in [0.05, 0.1) is 17.6 Å². The summed E-state index contributed by atoms with van der Waals surface area (Å²) in [6.07, 6.45) is 3.09. The van der Waals surface area contributed by atoms with Crippen LogP contribution in [0.3, 0.4) is 0 Å². The fourth-order valence-electron chi connectivity index (χ4n) is 4.80. The highest BCUT2D eigenvalue weighted by Crippen LogP contribution is 2.34. The molecule has 1 aromatic carbocycles. The number of aromatic amines is 1. The zero-order valence-corrected chi connectivity index (χ0v) is 22.7. The van der Waals surface area contributed by atoms with Gasteiger partial charge in [-0.2, -0.15) is 0 Å². The number of hydrogen-bond acceptors (Lipinski definition) is 9. The number of aliphatic hydroxyl groups is 1. The Hall–Kier alpha value is -4.58. The van der Waals surface area contributed by atoms with Crippen molar-refractivity contribution in [2.75, 3.05) is 60.2 Å². The van der Waals surface area contributed by atoms with E-state index in [2.05, 4.69) is 30.8 Å². The van der Waals surface area contributed by atoms with E-state index >= 15 is 0 Å². The minimum Gasteiger partial charge on any atom is -0.474 e. The summed E-state index contributed by atoms with van der Waals surface area (Å²) in [5.74, 6) is -0.314. The molecule has 1 saturated heterocycles. The molecule has 210 valence electrons. The third-order valence-electron chi connectivity index (χ3n) is 6.98. The van der Waals surface area contributed by atoms with Gasteiger partial charge in [-0.3, -0.25) is 14.4 Å². The van der Waals surface area contributed by atoms with Gasteiger partial charge in [0, 0.05) is 55.9 Å². The van der Waals surface area contributed by atoms with Crippen LogP contribution in [0, 0.1) is 6.92 Å². The molecular weight excluding hydrogens is 514 g/mol. The Labute approximate surface area is 231 Å². The van der Waals surface area contributed by atoms with Gasteiger partial charge < -0.3 is 40.6 Å². The molecule has 0 spiro atoms. The molecule has 2 aromatic heterocycles. The quantitative estimate of drug-likeness (QED) is 0.313. The number of ether oxygens (including phenoxy) is 1. The maximum absolute atomic E-state index is 13.2.